The minimum absolute atomic E-state index is 0.0711. The van der Waals surface area contributed by atoms with Crippen molar-refractivity contribution in [1.29, 1.82) is 0 Å². The maximum Gasteiger partial charge on any atom is 0.277 e. The lowest BCUT2D eigenvalue weighted by atomic mass is 9.81. The molecule has 0 spiro atoms. The van der Waals surface area contributed by atoms with Gasteiger partial charge in [-0.05, 0) is 49.2 Å². The molecule has 1 saturated carbocycles. The number of likely N-dealkylation sites (tertiary alicyclic amines) is 1. The number of aromatic nitrogens is 2. The van der Waals surface area contributed by atoms with Crippen LogP contribution >= 0.6 is 23.2 Å². The van der Waals surface area contributed by atoms with E-state index in [0.29, 0.717) is 11.3 Å². The van der Waals surface area contributed by atoms with Crippen LogP contribution in [0.5, 0.6) is 0 Å². The normalized spacial score (nSPS) is 17.2. The Kier molecular flexibility index (Phi) is 4.98. The predicted octanol–water partition coefficient (Wildman–Crippen LogP) is 4.51. The number of fused-ring (bicyclic) bond motifs is 1. The number of anilines is 1. The second kappa shape index (κ2) is 7.60. The van der Waals surface area contributed by atoms with Crippen LogP contribution in [0, 0.1) is 5.82 Å². The van der Waals surface area contributed by atoms with Crippen molar-refractivity contribution in [2.45, 2.75) is 24.4 Å². The molecule has 1 aromatic carbocycles. The highest BCUT2D eigenvalue weighted by molar-refractivity contribution is 6.42. The number of carbonyl (C=O) groups excluding carboxylic acids is 1. The lowest BCUT2D eigenvalue weighted by Crippen LogP contribution is -2.65. The maximum absolute atomic E-state index is 14.9. The monoisotopic (exact) mass is 472 g/mol. The fourth-order valence-corrected chi connectivity index (χ4v) is 4.73. The van der Waals surface area contributed by atoms with E-state index in [1.54, 1.807) is 22.9 Å². The minimum Gasteiger partial charge on any atom is -0.357 e. The smallest absolute Gasteiger partial charge is 0.277 e. The molecular formula is C23H19Cl2FN4O2. The van der Waals surface area contributed by atoms with Crippen molar-refractivity contribution in [3.05, 3.63) is 81.0 Å². The van der Waals surface area contributed by atoms with Gasteiger partial charge < -0.3 is 14.8 Å². The number of benzene rings is 1. The van der Waals surface area contributed by atoms with Crippen molar-refractivity contribution in [3.63, 3.8) is 0 Å². The number of nitrogens with zero attached hydrogens (tertiary/aromatic N) is 3. The van der Waals surface area contributed by atoms with Gasteiger partial charge in [-0.2, -0.15) is 0 Å². The summed E-state index contributed by atoms with van der Waals surface area (Å²) in [5.74, 6) is -0.446. The van der Waals surface area contributed by atoms with Crippen molar-refractivity contribution in [2.75, 3.05) is 18.4 Å². The summed E-state index contributed by atoms with van der Waals surface area (Å²) < 4.78 is 16.6. The van der Waals surface area contributed by atoms with Gasteiger partial charge in [0.1, 0.15) is 22.7 Å². The van der Waals surface area contributed by atoms with Gasteiger partial charge in [0, 0.05) is 23.2 Å². The van der Waals surface area contributed by atoms with Crippen molar-refractivity contribution in [2.24, 2.45) is 0 Å². The standard InChI is InChI=1S/C23H19Cl2FN4O2/c1-2-18(31)29-11-23(12-29,19-16(26)7-6-15(24)20(19)25)28-17-8-3-13-9-10-30(14-4-5-14)22(32)21(13)27-17/h2-3,6-10,14H,1,4-5,11-12H2,(H,27,28). The fourth-order valence-electron chi connectivity index (χ4n) is 4.24. The van der Waals surface area contributed by atoms with Crippen LogP contribution in [-0.2, 0) is 10.3 Å². The van der Waals surface area contributed by atoms with Crippen LogP contribution in [0.2, 0.25) is 10.0 Å². The second-order valence-corrected chi connectivity index (χ2v) is 9.00. The topological polar surface area (TPSA) is 67.2 Å². The molecule has 1 saturated heterocycles. The number of carbonyl (C=O) groups is 1. The number of nitrogens with one attached hydrogen (secondary N) is 1. The Hall–Kier alpha value is -2.90. The Bertz CT molecular complexity index is 1330. The van der Waals surface area contributed by atoms with Crippen LogP contribution in [0.1, 0.15) is 24.4 Å². The van der Waals surface area contributed by atoms with Crippen LogP contribution in [0.4, 0.5) is 10.2 Å². The van der Waals surface area contributed by atoms with Crippen LogP contribution in [0.3, 0.4) is 0 Å². The van der Waals surface area contributed by atoms with Gasteiger partial charge in [0.05, 0.1) is 23.1 Å². The molecular weight excluding hydrogens is 454 g/mol. The van der Waals surface area contributed by atoms with Gasteiger partial charge in [0.2, 0.25) is 5.91 Å². The molecule has 1 amide bonds. The SMILES string of the molecule is C=CC(=O)N1CC(Nc2ccc3ccn(C4CC4)c(=O)c3n2)(c2c(F)ccc(Cl)c2Cl)C1. The van der Waals surface area contributed by atoms with Crippen molar-refractivity contribution >= 4 is 45.8 Å². The van der Waals surface area contributed by atoms with E-state index < -0.39 is 11.4 Å². The molecule has 6 nitrogen and oxygen atoms in total. The zero-order chi connectivity index (χ0) is 22.6. The van der Waals surface area contributed by atoms with E-state index in [9.17, 15) is 14.0 Å². The molecule has 164 valence electrons. The zero-order valence-corrected chi connectivity index (χ0v) is 18.5. The molecule has 2 aromatic heterocycles. The summed E-state index contributed by atoms with van der Waals surface area (Å²) in [6.45, 7) is 3.78. The zero-order valence-electron chi connectivity index (χ0n) is 16.9. The number of rotatable bonds is 5. The van der Waals surface area contributed by atoms with Gasteiger partial charge in [0.25, 0.3) is 5.56 Å². The highest BCUT2D eigenvalue weighted by Crippen LogP contribution is 2.43. The molecule has 0 atom stereocenters. The Morgan fingerprint density at radius 3 is 2.66 bits per heavy atom. The van der Waals surface area contributed by atoms with Gasteiger partial charge in [-0.15, -0.1) is 0 Å². The van der Waals surface area contributed by atoms with E-state index in [0.717, 1.165) is 18.2 Å². The molecule has 9 heteroatoms. The highest BCUT2D eigenvalue weighted by atomic mass is 35.5. The Labute approximate surface area is 193 Å². The molecule has 0 bridgehead atoms. The van der Waals surface area contributed by atoms with E-state index in [1.165, 1.54) is 23.1 Å². The average molecular weight is 473 g/mol. The lowest BCUT2D eigenvalue weighted by molar-refractivity contribution is -0.132. The first-order valence-electron chi connectivity index (χ1n) is 10.2. The van der Waals surface area contributed by atoms with Crippen LogP contribution in [0.25, 0.3) is 10.9 Å². The second-order valence-electron chi connectivity index (χ2n) is 8.22. The number of halogens is 3. The highest BCUT2D eigenvalue weighted by Gasteiger charge is 2.49. The van der Waals surface area contributed by atoms with E-state index in [1.807, 2.05) is 6.07 Å². The third-order valence-electron chi connectivity index (χ3n) is 6.02. The Balaban J connectivity index is 1.58. The van der Waals surface area contributed by atoms with Gasteiger partial charge in [0.15, 0.2) is 0 Å². The predicted molar refractivity (Wildman–Crippen MR) is 123 cm³/mol. The molecule has 3 heterocycles. The summed E-state index contributed by atoms with van der Waals surface area (Å²) >= 11 is 12.6. The van der Waals surface area contributed by atoms with Crippen LogP contribution in [0.15, 0.2) is 54.0 Å². The molecule has 1 aliphatic heterocycles. The molecule has 2 aliphatic rings. The third kappa shape index (κ3) is 3.36. The van der Waals surface area contributed by atoms with Crippen molar-refractivity contribution in [3.8, 4) is 0 Å². The van der Waals surface area contributed by atoms with E-state index in [4.69, 9.17) is 23.2 Å². The first kappa shape index (κ1) is 21.0. The first-order chi connectivity index (χ1) is 15.3. The van der Waals surface area contributed by atoms with Crippen LogP contribution < -0.4 is 10.9 Å². The minimum atomic E-state index is -1.06. The van der Waals surface area contributed by atoms with Crippen molar-refractivity contribution in [1.82, 2.24) is 14.5 Å². The summed E-state index contributed by atoms with van der Waals surface area (Å²) in [5.41, 5.74) is -0.733. The first-order valence-corrected chi connectivity index (χ1v) is 10.9. The van der Waals surface area contributed by atoms with Gasteiger partial charge in [-0.1, -0.05) is 29.8 Å². The largest absolute Gasteiger partial charge is 0.357 e. The third-order valence-corrected chi connectivity index (χ3v) is 6.82. The fraction of sp³-hybridized carbons (Fsp3) is 0.261. The van der Waals surface area contributed by atoms with E-state index in [-0.39, 0.29) is 46.2 Å². The Morgan fingerprint density at radius 2 is 1.97 bits per heavy atom. The summed E-state index contributed by atoms with van der Waals surface area (Å²) in [4.78, 5) is 31.1. The molecule has 1 N–H and O–H groups in total. The molecule has 2 fully saturated rings. The summed E-state index contributed by atoms with van der Waals surface area (Å²) in [6.07, 6.45) is 4.96. The number of hydrogen-bond donors (Lipinski definition) is 1. The molecule has 3 aromatic rings. The number of hydrogen-bond acceptors (Lipinski definition) is 4. The lowest BCUT2D eigenvalue weighted by Gasteiger charge is -2.51. The molecule has 32 heavy (non-hydrogen) atoms. The summed E-state index contributed by atoms with van der Waals surface area (Å²) in [5, 5.41) is 4.23. The van der Waals surface area contributed by atoms with Gasteiger partial charge >= 0.3 is 0 Å². The van der Waals surface area contributed by atoms with E-state index in [2.05, 4.69) is 16.9 Å². The van der Waals surface area contributed by atoms with Gasteiger partial charge in [-0.3, -0.25) is 9.59 Å². The van der Waals surface area contributed by atoms with Crippen LogP contribution in [-0.4, -0.2) is 33.4 Å². The quantitative estimate of drug-likeness (QED) is 0.438. The number of pyridine rings is 2. The molecule has 0 radical (unpaired) electrons. The molecule has 1 aliphatic carbocycles. The Morgan fingerprint density at radius 1 is 1.22 bits per heavy atom. The number of amides is 1. The van der Waals surface area contributed by atoms with Gasteiger partial charge in [-0.25, -0.2) is 9.37 Å². The average Bonchev–Trinajstić information content (AvgIpc) is 3.59. The van der Waals surface area contributed by atoms with E-state index >= 15 is 0 Å². The summed E-state index contributed by atoms with van der Waals surface area (Å²) in [6, 6.07) is 8.23. The molecule has 0 unspecified atom stereocenters. The maximum atomic E-state index is 14.9. The van der Waals surface area contributed by atoms with Crippen molar-refractivity contribution < 1.29 is 9.18 Å². The summed E-state index contributed by atoms with van der Waals surface area (Å²) in [7, 11) is 0. The molecule has 5 rings (SSSR count).